The van der Waals surface area contributed by atoms with E-state index in [0.29, 0.717) is 36.9 Å². The number of benzene rings is 1. The van der Waals surface area contributed by atoms with Crippen molar-refractivity contribution in [2.24, 2.45) is 0 Å². The lowest BCUT2D eigenvalue weighted by Crippen LogP contribution is -2.29. The second-order valence-corrected chi connectivity index (χ2v) is 5.69. The van der Waals surface area contributed by atoms with Crippen LogP contribution in [0.1, 0.15) is 15.9 Å². The van der Waals surface area contributed by atoms with Gasteiger partial charge in [-0.3, -0.25) is 15.0 Å². The summed E-state index contributed by atoms with van der Waals surface area (Å²) >= 11 is 0. The molecule has 2 aliphatic heterocycles. The molecule has 8 nitrogen and oxygen atoms in total. The predicted molar refractivity (Wildman–Crippen MR) is 87.6 cm³/mol. The zero-order valence-electron chi connectivity index (χ0n) is 13.2. The molecule has 3 amide bonds. The minimum absolute atomic E-state index is 0.0742. The van der Waals surface area contributed by atoms with E-state index in [1.165, 1.54) is 7.05 Å². The standard InChI is InChI=1S/C16H17N5O3/c1-17-16(23)18-13-9-14-20(5-6-21(14)19-13)15(22)11-2-3-12-10(8-11)4-7-24-12/h2-3,8-9H,4-7H2,1H3,(H2,17,18,19,23). The Morgan fingerprint density at radius 1 is 1.25 bits per heavy atom. The van der Waals surface area contributed by atoms with Crippen LogP contribution >= 0.6 is 0 Å². The second-order valence-electron chi connectivity index (χ2n) is 5.69. The van der Waals surface area contributed by atoms with Crippen molar-refractivity contribution in [2.75, 3.05) is 30.4 Å². The Balaban J connectivity index is 1.58. The van der Waals surface area contributed by atoms with Crippen molar-refractivity contribution in [3.63, 3.8) is 0 Å². The Labute approximate surface area is 138 Å². The fraction of sp³-hybridized carbons (Fsp3) is 0.312. The Hall–Kier alpha value is -3.03. The van der Waals surface area contributed by atoms with Crippen molar-refractivity contribution >= 4 is 23.6 Å². The zero-order chi connectivity index (χ0) is 16.7. The molecular weight excluding hydrogens is 310 g/mol. The van der Waals surface area contributed by atoms with Crippen LogP contribution in [-0.4, -0.2) is 41.9 Å². The number of hydrogen-bond donors (Lipinski definition) is 2. The molecular formula is C16H17N5O3. The Morgan fingerprint density at radius 3 is 2.96 bits per heavy atom. The maximum atomic E-state index is 12.8. The summed E-state index contributed by atoms with van der Waals surface area (Å²) in [5.41, 5.74) is 1.70. The van der Waals surface area contributed by atoms with Gasteiger partial charge in [-0.05, 0) is 23.8 Å². The summed E-state index contributed by atoms with van der Waals surface area (Å²) in [6, 6.07) is 6.89. The molecule has 1 aromatic carbocycles. The van der Waals surface area contributed by atoms with E-state index in [1.54, 1.807) is 21.7 Å². The molecule has 124 valence electrons. The number of nitrogens with one attached hydrogen (secondary N) is 2. The molecule has 2 aromatic rings. The van der Waals surface area contributed by atoms with E-state index in [-0.39, 0.29) is 11.9 Å². The largest absolute Gasteiger partial charge is 0.493 e. The van der Waals surface area contributed by atoms with Crippen molar-refractivity contribution < 1.29 is 14.3 Å². The SMILES string of the molecule is CNC(=O)Nc1cc2n(n1)CCN2C(=O)c1ccc2c(c1)CCO2. The smallest absolute Gasteiger partial charge is 0.320 e. The molecule has 2 N–H and O–H groups in total. The van der Waals surface area contributed by atoms with E-state index in [2.05, 4.69) is 15.7 Å². The number of urea groups is 1. The highest BCUT2D eigenvalue weighted by atomic mass is 16.5. The molecule has 0 unspecified atom stereocenters. The third-order valence-electron chi connectivity index (χ3n) is 4.22. The molecule has 2 aliphatic rings. The molecule has 0 saturated heterocycles. The summed E-state index contributed by atoms with van der Waals surface area (Å²) in [5.74, 6) is 1.89. The number of fused-ring (bicyclic) bond motifs is 2. The summed E-state index contributed by atoms with van der Waals surface area (Å²) < 4.78 is 7.20. The first-order valence-corrected chi connectivity index (χ1v) is 7.80. The van der Waals surface area contributed by atoms with Crippen LogP contribution in [0, 0.1) is 0 Å². The fourth-order valence-electron chi connectivity index (χ4n) is 3.02. The highest BCUT2D eigenvalue weighted by molar-refractivity contribution is 6.06. The van der Waals surface area contributed by atoms with Crippen molar-refractivity contribution in [3.05, 3.63) is 35.4 Å². The minimum atomic E-state index is -0.344. The van der Waals surface area contributed by atoms with Crippen LogP contribution in [0.15, 0.2) is 24.3 Å². The lowest BCUT2D eigenvalue weighted by atomic mass is 10.1. The van der Waals surface area contributed by atoms with Crippen LogP contribution in [-0.2, 0) is 13.0 Å². The number of anilines is 2. The van der Waals surface area contributed by atoms with Crippen LogP contribution < -0.4 is 20.3 Å². The van der Waals surface area contributed by atoms with Gasteiger partial charge >= 0.3 is 6.03 Å². The van der Waals surface area contributed by atoms with E-state index in [0.717, 1.165) is 17.7 Å². The van der Waals surface area contributed by atoms with E-state index in [1.807, 2.05) is 12.1 Å². The van der Waals surface area contributed by atoms with Crippen LogP contribution in [0.2, 0.25) is 0 Å². The van der Waals surface area contributed by atoms with Gasteiger partial charge in [0.15, 0.2) is 5.82 Å². The Bertz CT molecular complexity index is 829. The Kier molecular flexibility index (Phi) is 3.37. The molecule has 0 fully saturated rings. The zero-order valence-corrected chi connectivity index (χ0v) is 13.2. The highest BCUT2D eigenvalue weighted by Gasteiger charge is 2.28. The summed E-state index contributed by atoms with van der Waals surface area (Å²) in [7, 11) is 1.53. The maximum absolute atomic E-state index is 12.8. The van der Waals surface area contributed by atoms with Crippen LogP contribution in [0.5, 0.6) is 5.75 Å². The number of hydrogen-bond acceptors (Lipinski definition) is 4. The number of ether oxygens (including phenoxy) is 1. The molecule has 4 rings (SSSR count). The summed E-state index contributed by atoms with van der Waals surface area (Å²) in [6.45, 7) is 1.83. The van der Waals surface area contributed by atoms with Gasteiger partial charge in [-0.25, -0.2) is 9.48 Å². The Morgan fingerprint density at radius 2 is 2.12 bits per heavy atom. The first-order valence-electron chi connectivity index (χ1n) is 7.80. The molecule has 24 heavy (non-hydrogen) atoms. The van der Waals surface area contributed by atoms with E-state index >= 15 is 0 Å². The number of carbonyl (C=O) groups excluding carboxylic acids is 2. The first-order chi connectivity index (χ1) is 11.7. The van der Waals surface area contributed by atoms with Crippen molar-refractivity contribution in [1.29, 1.82) is 0 Å². The minimum Gasteiger partial charge on any atom is -0.493 e. The van der Waals surface area contributed by atoms with Crippen LogP contribution in [0.4, 0.5) is 16.4 Å². The summed E-state index contributed by atoms with van der Waals surface area (Å²) in [4.78, 5) is 25.9. The highest BCUT2D eigenvalue weighted by Crippen LogP contribution is 2.29. The third-order valence-corrected chi connectivity index (χ3v) is 4.22. The molecule has 3 heterocycles. The van der Waals surface area contributed by atoms with E-state index < -0.39 is 0 Å². The molecule has 8 heteroatoms. The topological polar surface area (TPSA) is 88.5 Å². The average Bonchev–Trinajstić information content (AvgIpc) is 3.28. The quantitative estimate of drug-likeness (QED) is 0.868. The number of aromatic nitrogens is 2. The number of carbonyl (C=O) groups is 2. The van der Waals surface area contributed by atoms with Crippen LogP contribution in [0.3, 0.4) is 0 Å². The fourth-order valence-corrected chi connectivity index (χ4v) is 3.02. The van der Waals surface area contributed by atoms with Gasteiger partial charge in [-0.1, -0.05) is 0 Å². The van der Waals surface area contributed by atoms with Crippen molar-refractivity contribution in [2.45, 2.75) is 13.0 Å². The van der Waals surface area contributed by atoms with Crippen molar-refractivity contribution in [3.8, 4) is 5.75 Å². The van der Waals surface area contributed by atoms with Gasteiger partial charge in [0.05, 0.1) is 13.2 Å². The molecule has 1 aromatic heterocycles. The lowest BCUT2D eigenvalue weighted by molar-refractivity contribution is 0.0989. The van der Waals surface area contributed by atoms with Crippen LogP contribution in [0.25, 0.3) is 0 Å². The van der Waals surface area contributed by atoms with E-state index in [4.69, 9.17) is 4.74 Å². The van der Waals surface area contributed by atoms with Gasteiger partial charge in [-0.2, -0.15) is 5.10 Å². The van der Waals surface area contributed by atoms with Gasteiger partial charge < -0.3 is 10.1 Å². The average molecular weight is 327 g/mol. The first kappa shape index (κ1) is 14.6. The molecule has 0 radical (unpaired) electrons. The number of nitrogens with zero attached hydrogens (tertiary/aromatic N) is 3. The third kappa shape index (κ3) is 2.36. The van der Waals surface area contributed by atoms with Crippen molar-refractivity contribution in [1.82, 2.24) is 15.1 Å². The van der Waals surface area contributed by atoms with E-state index in [9.17, 15) is 9.59 Å². The molecule has 0 aliphatic carbocycles. The van der Waals surface area contributed by atoms with Gasteiger partial charge in [0, 0.05) is 31.6 Å². The molecule has 0 bridgehead atoms. The molecule has 0 saturated carbocycles. The summed E-state index contributed by atoms with van der Waals surface area (Å²) in [6.07, 6.45) is 0.828. The van der Waals surface area contributed by atoms with Gasteiger partial charge in [0.25, 0.3) is 5.91 Å². The maximum Gasteiger partial charge on any atom is 0.320 e. The summed E-state index contributed by atoms with van der Waals surface area (Å²) in [5, 5.41) is 9.38. The monoisotopic (exact) mass is 327 g/mol. The predicted octanol–water partition coefficient (Wildman–Crippen LogP) is 1.23. The van der Waals surface area contributed by atoms with Gasteiger partial charge in [0.2, 0.25) is 0 Å². The molecule has 0 atom stereocenters. The van der Waals surface area contributed by atoms with Gasteiger partial charge in [-0.15, -0.1) is 0 Å². The second kappa shape index (κ2) is 5.55. The normalized spacial score (nSPS) is 14.8. The van der Waals surface area contributed by atoms with Gasteiger partial charge in [0.1, 0.15) is 11.6 Å². The lowest BCUT2D eigenvalue weighted by Gasteiger charge is -2.15. The number of rotatable bonds is 2. The molecule has 0 spiro atoms. The number of amides is 3.